The number of carbonyl (C=O) groups is 2. The first-order valence-electron chi connectivity index (χ1n) is 3.51. The van der Waals surface area contributed by atoms with E-state index < -0.39 is 11.9 Å². The lowest BCUT2D eigenvalue weighted by atomic mass is 10.1. The molecular weight excluding hydrogens is 219 g/mol. The van der Waals surface area contributed by atoms with Gasteiger partial charge in [-0.1, -0.05) is 12.1 Å². The summed E-state index contributed by atoms with van der Waals surface area (Å²) < 4.78 is 0. The summed E-state index contributed by atoms with van der Waals surface area (Å²) in [6.45, 7) is 0. The van der Waals surface area contributed by atoms with Gasteiger partial charge in [-0.05, 0) is 12.1 Å². The van der Waals surface area contributed by atoms with Gasteiger partial charge in [0.2, 0.25) is 0 Å². The minimum absolute atomic E-state index is 0. The van der Waals surface area contributed by atoms with Gasteiger partial charge >= 0.3 is 11.9 Å². The fraction of sp³-hybridized carbons (Fsp3) is 0. The molecule has 0 unspecified atom stereocenters. The van der Waals surface area contributed by atoms with Crippen LogP contribution in [-0.2, 0) is 9.78 Å². The summed E-state index contributed by atoms with van der Waals surface area (Å²) in [5.74, 6) is -2.21. The second-order valence-corrected chi connectivity index (χ2v) is 2.30. The number of carbonyl (C=O) groups excluding carboxylic acids is 2. The van der Waals surface area contributed by atoms with E-state index in [1.165, 1.54) is 24.3 Å². The van der Waals surface area contributed by atoms with E-state index in [1.807, 2.05) is 0 Å². The molecular formula is C8H6AlO6. The van der Waals surface area contributed by atoms with Crippen molar-refractivity contribution in [1.82, 2.24) is 0 Å². The van der Waals surface area contributed by atoms with Gasteiger partial charge in [0.05, 0.1) is 11.1 Å². The van der Waals surface area contributed by atoms with Crippen molar-refractivity contribution < 1.29 is 29.9 Å². The number of rotatable bonds is 2. The van der Waals surface area contributed by atoms with Crippen LogP contribution in [0.4, 0.5) is 0 Å². The van der Waals surface area contributed by atoms with E-state index in [-0.39, 0.29) is 28.5 Å². The first-order chi connectivity index (χ1) is 6.70. The van der Waals surface area contributed by atoms with Crippen molar-refractivity contribution in [3.05, 3.63) is 35.4 Å². The third-order valence-electron chi connectivity index (χ3n) is 1.53. The monoisotopic (exact) mass is 225 g/mol. The van der Waals surface area contributed by atoms with Crippen molar-refractivity contribution >= 4 is 29.3 Å². The number of hydrogen-bond acceptors (Lipinski definition) is 6. The van der Waals surface area contributed by atoms with E-state index in [9.17, 15) is 9.59 Å². The molecule has 2 N–H and O–H groups in total. The van der Waals surface area contributed by atoms with E-state index in [1.54, 1.807) is 0 Å². The first kappa shape index (κ1) is 13.6. The molecule has 0 fully saturated rings. The van der Waals surface area contributed by atoms with Crippen LogP contribution in [0.1, 0.15) is 20.7 Å². The molecule has 0 saturated carbocycles. The molecule has 0 heterocycles. The van der Waals surface area contributed by atoms with E-state index in [0.29, 0.717) is 0 Å². The minimum Gasteiger partial charge on any atom is -0.295 e. The van der Waals surface area contributed by atoms with Gasteiger partial charge < -0.3 is 0 Å². The van der Waals surface area contributed by atoms with Crippen LogP contribution in [0.5, 0.6) is 0 Å². The topological polar surface area (TPSA) is 93.1 Å². The third-order valence-corrected chi connectivity index (χ3v) is 1.53. The molecule has 7 heteroatoms. The number of benzene rings is 1. The van der Waals surface area contributed by atoms with Crippen LogP contribution in [0.15, 0.2) is 24.3 Å². The molecule has 0 aliphatic rings. The fourth-order valence-corrected chi connectivity index (χ4v) is 0.937. The van der Waals surface area contributed by atoms with Crippen molar-refractivity contribution in [3.63, 3.8) is 0 Å². The summed E-state index contributed by atoms with van der Waals surface area (Å²) >= 11 is 0. The molecule has 6 nitrogen and oxygen atoms in total. The molecule has 1 aromatic carbocycles. The van der Waals surface area contributed by atoms with Crippen molar-refractivity contribution in [2.45, 2.75) is 0 Å². The molecule has 15 heavy (non-hydrogen) atoms. The van der Waals surface area contributed by atoms with Crippen LogP contribution >= 0.6 is 0 Å². The predicted molar refractivity (Wildman–Crippen MR) is 48.3 cm³/mol. The Morgan fingerprint density at radius 1 is 0.933 bits per heavy atom. The highest BCUT2D eigenvalue weighted by atomic mass is 27.0. The molecule has 0 aliphatic carbocycles. The van der Waals surface area contributed by atoms with Gasteiger partial charge in [-0.15, -0.1) is 0 Å². The van der Waals surface area contributed by atoms with Crippen LogP contribution in [0.2, 0.25) is 0 Å². The van der Waals surface area contributed by atoms with Crippen LogP contribution in [0.25, 0.3) is 0 Å². The highest BCUT2D eigenvalue weighted by Crippen LogP contribution is 2.10. The lowest BCUT2D eigenvalue weighted by Crippen LogP contribution is -2.11. The standard InChI is InChI=1S/C8H6O6.Al/c9-7(13-11)5-3-1-2-4-6(5)8(10)14-12;/h1-4,11-12H;. The highest BCUT2D eigenvalue weighted by molar-refractivity contribution is 6.02. The van der Waals surface area contributed by atoms with E-state index in [4.69, 9.17) is 10.5 Å². The summed E-state index contributed by atoms with van der Waals surface area (Å²) in [4.78, 5) is 28.7. The number of hydrogen-bond donors (Lipinski definition) is 2. The van der Waals surface area contributed by atoms with Crippen molar-refractivity contribution in [1.29, 1.82) is 0 Å². The fourth-order valence-electron chi connectivity index (χ4n) is 0.937. The summed E-state index contributed by atoms with van der Waals surface area (Å²) in [6.07, 6.45) is 0. The lowest BCUT2D eigenvalue weighted by molar-refractivity contribution is -0.185. The molecule has 0 spiro atoms. The Kier molecular flexibility index (Phi) is 5.59. The Hall–Kier alpha value is -1.39. The lowest BCUT2D eigenvalue weighted by Gasteiger charge is -2.02. The van der Waals surface area contributed by atoms with Gasteiger partial charge in [-0.25, -0.2) is 9.59 Å². The Morgan fingerprint density at radius 2 is 1.27 bits per heavy atom. The van der Waals surface area contributed by atoms with Crippen molar-refractivity contribution in [2.24, 2.45) is 0 Å². The van der Waals surface area contributed by atoms with Crippen LogP contribution in [0.3, 0.4) is 0 Å². The molecule has 0 aromatic heterocycles. The maximum Gasteiger partial charge on any atom is 0.373 e. The Labute approximate surface area is 95.0 Å². The molecule has 0 atom stereocenters. The third kappa shape index (κ3) is 3.04. The maximum absolute atomic E-state index is 10.9. The average Bonchev–Trinajstić information content (AvgIpc) is 2.27. The minimum atomic E-state index is -1.11. The maximum atomic E-state index is 10.9. The van der Waals surface area contributed by atoms with Gasteiger partial charge in [0.25, 0.3) is 0 Å². The van der Waals surface area contributed by atoms with E-state index in [2.05, 4.69) is 9.78 Å². The smallest absolute Gasteiger partial charge is 0.295 e. The molecule has 3 radical (unpaired) electrons. The Bertz CT molecular complexity index is 329. The van der Waals surface area contributed by atoms with E-state index in [0.717, 1.165) is 0 Å². The normalized spacial score (nSPS) is 8.67. The van der Waals surface area contributed by atoms with E-state index >= 15 is 0 Å². The highest BCUT2D eigenvalue weighted by Gasteiger charge is 2.18. The van der Waals surface area contributed by atoms with Gasteiger partial charge in [0, 0.05) is 17.4 Å². The van der Waals surface area contributed by atoms with Crippen LogP contribution in [-0.4, -0.2) is 39.8 Å². The summed E-state index contributed by atoms with van der Waals surface area (Å²) in [6, 6.07) is 5.40. The average molecular weight is 225 g/mol. The van der Waals surface area contributed by atoms with Crippen LogP contribution in [0, 0.1) is 0 Å². The zero-order chi connectivity index (χ0) is 10.6. The van der Waals surface area contributed by atoms with Crippen LogP contribution < -0.4 is 0 Å². The predicted octanol–water partition coefficient (Wildman–Crippen LogP) is 0.565. The molecule has 0 amide bonds. The van der Waals surface area contributed by atoms with Gasteiger partial charge in [0.1, 0.15) is 0 Å². The molecule has 0 saturated heterocycles. The van der Waals surface area contributed by atoms with Crippen molar-refractivity contribution in [2.75, 3.05) is 0 Å². The largest absolute Gasteiger partial charge is 0.373 e. The molecule has 0 aliphatic heterocycles. The molecule has 77 valence electrons. The van der Waals surface area contributed by atoms with Gasteiger partial charge in [-0.3, -0.25) is 9.78 Å². The second kappa shape index (κ2) is 6.16. The summed E-state index contributed by atoms with van der Waals surface area (Å²) in [5, 5.41) is 16.2. The second-order valence-electron chi connectivity index (χ2n) is 2.30. The van der Waals surface area contributed by atoms with Crippen molar-refractivity contribution in [3.8, 4) is 0 Å². The van der Waals surface area contributed by atoms with Gasteiger partial charge in [-0.2, -0.15) is 10.5 Å². The zero-order valence-electron chi connectivity index (χ0n) is 7.41. The zero-order valence-corrected chi connectivity index (χ0v) is 8.57. The summed E-state index contributed by atoms with van der Waals surface area (Å²) in [7, 11) is 0. The summed E-state index contributed by atoms with van der Waals surface area (Å²) in [5.41, 5.74) is -0.400. The quantitative estimate of drug-likeness (QED) is 0.434. The molecule has 0 bridgehead atoms. The first-order valence-corrected chi connectivity index (χ1v) is 3.51. The Morgan fingerprint density at radius 3 is 1.53 bits per heavy atom. The SMILES string of the molecule is O=C(OO)c1ccccc1C(=O)OO.[Al]. The van der Waals surface area contributed by atoms with Gasteiger partial charge in [0.15, 0.2) is 0 Å². The Balaban J connectivity index is 0.00000196. The molecule has 1 rings (SSSR count). The molecule has 1 aromatic rings.